The van der Waals surface area contributed by atoms with E-state index in [9.17, 15) is 10.1 Å². The van der Waals surface area contributed by atoms with E-state index in [1.807, 2.05) is 29.4 Å². The molecule has 2 atom stereocenters. The monoisotopic (exact) mass is 487 g/mol. The van der Waals surface area contributed by atoms with Crippen molar-refractivity contribution in [2.75, 3.05) is 37.7 Å². The zero-order valence-corrected chi connectivity index (χ0v) is 21.4. The average molecular weight is 488 g/mol. The highest BCUT2D eigenvalue weighted by Crippen LogP contribution is 2.49. The van der Waals surface area contributed by atoms with Crippen molar-refractivity contribution in [3.8, 4) is 11.8 Å². The van der Waals surface area contributed by atoms with Gasteiger partial charge in [0.15, 0.2) is 0 Å². The summed E-state index contributed by atoms with van der Waals surface area (Å²) in [4.78, 5) is 25.6. The van der Waals surface area contributed by atoms with E-state index in [0.29, 0.717) is 18.6 Å². The Kier molecular flexibility index (Phi) is 7.69. The minimum atomic E-state index is 0.106. The van der Waals surface area contributed by atoms with Crippen LogP contribution in [0.25, 0.3) is 0 Å². The summed E-state index contributed by atoms with van der Waals surface area (Å²) < 4.78 is 6.01. The van der Waals surface area contributed by atoms with Crippen molar-refractivity contribution in [3.05, 3.63) is 47.3 Å². The molecule has 3 aliphatic rings. The normalized spacial score (nSPS) is 21.6. The predicted octanol–water partition coefficient (Wildman–Crippen LogP) is 4.40. The van der Waals surface area contributed by atoms with Gasteiger partial charge in [0.05, 0.1) is 24.7 Å². The van der Waals surface area contributed by atoms with Gasteiger partial charge in [0.2, 0.25) is 11.9 Å². The van der Waals surface area contributed by atoms with Crippen molar-refractivity contribution in [2.24, 2.45) is 17.8 Å². The second kappa shape index (κ2) is 11.3. The molecule has 7 heteroatoms. The number of nitriles is 1. The molecule has 36 heavy (non-hydrogen) atoms. The molecule has 190 valence electrons. The molecular formula is C29H37N5O2. The molecule has 2 aromatic rings. The molecule has 1 saturated carbocycles. The number of carbonyl (C=O) groups excluding carboxylic acids is 1. The maximum absolute atomic E-state index is 12.3. The van der Waals surface area contributed by atoms with E-state index in [4.69, 9.17) is 4.74 Å². The van der Waals surface area contributed by atoms with E-state index < -0.39 is 0 Å². The van der Waals surface area contributed by atoms with Crippen molar-refractivity contribution in [2.45, 2.75) is 58.3 Å². The number of likely N-dealkylation sites (tertiary alicyclic amines) is 1. The van der Waals surface area contributed by atoms with Gasteiger partial charge in [0.1, 0.15) is 5.75 Å². The Bertz CT molecular complexity index is 1080. The first-order valence-corrected chi connectivity index (χ1v) is 13.6. The molecule has 0 bridgehead atoms. The number of nitrogens with zero attached hydrogens (tertiary/aromatic N) is 5. The Morgan fingerprint density at radius 1 is 1.17 bits per heavy atom. The average Bonchev–Trinajstić information content (AvgIpc) is 3.64. The van der Waals surface area contributed by atoms with Crippen LogP contribution in [-0.4, -0.2) is 53.6 Å². The van der Waals surface area contributed by atoms with E-state index in [0.717, 1.165) is 86.9 Å². The third-order valence-electron chi connectivity index (χ3n) is 8.15. The number of benzene rings is 1. The summed E-state index contributed by atoms with van der Waals surface area (Å²) >= 11 is 0. The van der Waals surface area contributed by atoms with E-state index in [1.54, 1.807) is 6.07 Å². The van der Waals surface area contributed by atoms with Gasteiger partial charge < -0.3 is 14.5 Å². The van der Waals surface area contributed by atoms with Crippen molar-refractivity contribution in [1.29, 1.82) is 5.26 Å². The first-order valence-electron chi connectivity index (χ1n) is 13.6. The Labute approximate surface area is 214 Å². The fourth-order valence-electron chi connectivity index (χ4n) is 5.71. The Morgan fingerprint density at radius 2 is 1.94 bits per heavy atom. The Hall–Kier alpha value is -3.14. The van der Waals surface area contributed by atoms with Crippen LogP contribution in [0.3, 0.4) is 0 Å². The van der Waals surface area contributed by atoms with E-state index in [2.05, 4.69) is 27.9 Å². The molecule has 1 aromatic carbocycles. The maximum Gasteiger partial charge on any atom is 0.227 e. The van der Waals surface area contributed by atoms with E-state index in [1.165, 1.54) is 24.8 Å². The molecule has 1 aromatic heterocycles. The third kappa shape index (κ3) is 5.80. The highest BCUT2D eigenvalue weighted by Gasteiger charge is 2.43. The lowest BCUT2D eigenvalue weighted by molar-refractivity contribution is -0.133. The quantitative estimate of drug-likeness (QED) is 0.494. The molecule has 0 N–H and O–H groups in total. The molecule has 1 amide bonds. The van der Waals surface area contributed by atoms with Gasteiger partial charge in [-0.2, -0.15) is 5.26 Å². The van der Waals surface area contributed by atoms with Gasteiger partial charge in [0.25, 0.3) is 0 Å². The largest absolute Gasteiger partial charge is 0.494 e. The number of carbonyl (C=O) groups is 1. The number of piperidine rings is 1. The zero-order valence-electron chi connectivity index (χ0n) is 21.4. The SMILES string of the molecule is CCCc1cnc(N2CCC([C@H]3C[C@H]3CCOc3ccc(CC(=O)N4CCC4)c(C#N)c3)CC2)nc1. The predicted molar refractivity (Wildman–Crippen MR) is 139 cm³/mol. The van der Waals surface area contributed by atoms with Crippen molar-refractivity contribution in [1.82, 2.24) is 14.9 Å². The van der Waals surface area contributed by atoms with Crippen LogP contribution in [0, 0.1) is 29.1 Å². The Balaban J connectivity index is 1.03. The van der Waals surface area contributed by atoms with Crippen LogP contribution in [0.1, 0.15) is 62.1 Å². The minimum absolute atomic E-state index is 0.106. The lowest BCUT2D eigenvalue weighted by Crippen LogP contribution is -2.42. The summed E-state index contributed by atoms with van der Waals surface area (Å²) in [5.41, 5.74) is 2.55. The number of hydrogen-bond donors (Lipinski definition) is 0. The number of rotatable bonds is 10. The number of amides is 1. The molecule has 0 radical (unpaired) electrons. The van der Waals surface area contributed by atoms with E-state index >= 15 is 0 Å². The molecule has 0 spiro atoms. The number of aromatic nitrogens is 2. The van der Waals surface area contributed by atoms with Crippen molar-refractivity contribution < 1.29 is 9.53 Å². The molecule has 5 rings (SSSR count). The van der Waals surface area contributed by atoms with Gasteiger partial charge in [-0.1, -0.05) is 19.4 Å². The molecule has 3 fully saturated rings. The standard InChI is InChI=1S/C29H37N5O2/c1-2-4-21-19-31-29(32-20-21)34-12-7-22(8-13-34)27-16-24(27)9-14-36-26-6-5-23(25(15-26)18-30)17-28(35)33-10-3-11-33/h5-6,15,19-20,22,24,27H,2-4,7-14,16-17H2,1H3/t24-,27-/m1/s1. The molecule has 3 heterocycles. The number of aryl methyl sites for hydroxylation is 1. The molecule has 0 unspecified atom stereocenters. The summed E-state index contributed by atoms with van der Waals surface area (Å²) in [6, 6.07) is 7.80. The van der Waals surface area contributed by atoms with E-state index in [-0.39, 0.29) is 5.91 Å². The molecule has 7 nitrogen and oxygen atoms in total. The van der Waals surface area contributed by atoms with Crippen LogP contribution in [0.15, 0.2) is 30.6 Å². The molecule has 1 aliphatic carbocycles. The minimum Gasteiger partial charge on any atom is -0.494 e. The topological polar surface area (TPSA) is 82.4 Å². The van der Waals surface area contributed by atoms with Crippen LogP contribution in [-0.2, 0) is 17.6 Å². The van der Waals surface area contributed by atoms with Gasteiger partial charge in [-0.15, -0.1) is 0 Å². The van der Waals surface area contributed by atoms with Crippen LogP contribution in [0.4, 0.5) is 5.95 Å². The second-order valence-electron chi connectivity index (χ2n) is 10.6. The zero-order chi connectivity index (χ0) is 24.9. The van der Waals surface area contributed by atoms with Gasteiger partial charge in [0, 0.05) is 38.6 Å². The molecule has 2 aliphatic heterocycles. The van der Waals surface area contributed by atoms with Gasteiger partial charge >= 0.3 is 0 Å². The highest BCUT2D eigenvalue weighted by atomic mass is 16.5. The van der Waals surface area contributed by atoms with Crippen LogP contribution in [0.2, 0.25) is 0 Å². The summed E-state index contributed by atoms with van der Waals surface area (Å²) in [7, 11) is 0. The first-order chi connectivity index (χ1) is 17.6. The fraction of sp³-hybridized carbons (Fsp3) is 0.586. The summed E-state index contributed by atoms with van der Waals surface area (Å²) in [6.45, 7) is 6.61. The summed E-state index contributed by atoms with van der Waals surface area (Å²) in [6.07, 6.45) is 12.3. The highest BCUT2D eigenvalue weighted by molar-refractivity contribution is 5.80. The summed E-state index contributed by atoms with van der Waals surface area (Å²) in [5, 5.41) is 9.55. The smallest absolute Gasteiger partial charge is 0.227 e. The van der Waals surface area contributed by atoms with Crippen molar-refractivity contribution in [3.63, 3.8) is 0 Å². The third-order valence-corrected chi connectivity index (χ3v) is 8.15. The van der Waals surface area contributed by atoms with Gasteiger partial charge in [-0.3, -0.25) is 4.79 Å². The number of ether oxygens (including phenoxy) is 1. The first kappa shape index (κ1) is 24.5. The van der Waals surface area contributed by atoms with Crippen LogP contribution < -0.4 is 9.64 Å². The fourth-order valence-corrected chi connectivity index (χ4v) is 5.71. The van der Waals surface area contributed by atoms with Gasteiger partial charge in [-0.05, 0) is 79.5 Å². The van der Waals surface area contributed by atoms with Crippen LogP contribution in [0.5, 0.6) is 5.75 Å². The number of anilines is 1. The van der Waals surface area contributed by atoms with Gasteiger partial charge in [-0.25, -0.2) is 9.97 Å². The summed E-state index contributed by atoms with van der Waals surface area (Å²) in [5.74, 6) is 4.06. The number of hydrogen-bond acceptors (Lipinski definition) is 6. The molecule has 2 saturated heterocycles. The second-order valence-corrected chi connectivity index (χ2v) is 10.6. The molecular weight excluding hydrogens is 450 g/mol. The van der Waals surface area contributed by atoms with Crippen molar-refractivity contribution >= 4 is 11.9 Å². The maximum atomic E-state index is 12.3. The lowest BCUT2D eigenvalue weighted by atomic mass is 9.90. The Morgan fingerprint density at radius 3 is 2.61 bits per heavy atom. The lowest BCUT2D eigenvalue weighted by Gasteiger charge is -2.32. The van der Waals surface area contributed by atoms with Crippen LogP contribution >= 0.6 is 0 Å².